The summed E-state index contributed by atoms with van der Waals surface area (Å²) in [5.74, 6) is -0.925. The molecule has 0 atom stereocenters. The molecule has 0 saturated heterocycles. The molecule has 0 bridgehead atoms. The summed E-state index contributed by atoms with van der Waals surface area (Å²) in [6.45, 7) is 0. The lowest BCUT2D eigenvalue weighted by Gasteiger charge is -2.15. The number of hydrogen-bond donors (Lipinski definition) is 1. The van der Waals surface area contributed by atoms with Crippen LogP contribution in [-0.2, 0) is 18.5 Å². The summed E-state index contributed by atoms with van der Waals surface area (Å²) < 4.78 is 129. The molecule has 0 saturated carbocycles. The first-order valence-corrected chi connectivity index (χ1v) is 5.96. The van der Waals surface area contributed by atoms with E-state index in [0.717, 1.165) is 4.98 Å². The first kappa shape index (κ1) is 18.1. The highest BCUT2D eigenvalue weighted by atomic mass is 19.4. The second-order valence-electron chi connectivity index (χ2n) is 4.63. The van der Waals surface area contributed by atoms with Gasteiger partial charge in [0, 0.05) is 0 Å². The Kier molecular flexibility index (Phi) is 4.09. The number of rotatable bonds is 1. The van der Waals surface area contributed by atoms with Crippen molar-refractivity contribution in [2.75, 3.05) is 0 Å². The standard InChI is InChI=1S/C13H5F10N/c14-6-3-1-5(2-4-6)9-7(11(15,16)17)8(12(18,19)20)10(24-9)13(21,22)23/h1-4,24H. The first-order chi connectivity index (χ1) is 10.7. The van der Waals surface area contributed by atoms with E-state index in [9.17, 15) is 43.9 Å². The van der Waals surface area contributed by atoms with Crippen LogP contribution in [0, 0.1) is 5.82 Å². The maximum absolute atomic E-state index is 13.0. The minimum absolute atomic E-state index is 0.608. The van der Waals surface area contributed by atoms with Crippen molar-refractivity contribution in [2.45, 2.75) is 18.5 Å². The lowest BCUT2D eigenvalue weighted by Crippen LogP contribution is -2.20. The Bertz CT molecular complexity index is 730. The van der Waals surface area contributed by atoms with Crippen molar-refractivity contribution in [1.82, 2.24) is 4.98 Å². The topological polar surface area (TPSA) is 15.8 Å². The molecular formula is C13H5F10N. The van der Waals surface area contributed by atoms with Gasteiger partial charge < -0.3 is 4.98 Å². The molecule has 1 N–H and O–H groups in total. The minimum atomic E-state index is -5.91. The summed E-state index contributed by atoms with van der Waals surface area (Å²) in [6, 6.07) is 2.49. The Morgan fingerprint density at radius 1 is 0.625 bits per heavy atom. The van der Waals surface area contributed by atoms with Crippen LogP contribution in [0.4, 0.5) is 43.9 Å². The molecule has 0 aliphatic heterocycles. The zero-order valence-electron chi connectivity index (χ0n) is 11.1. The molecule has 0 amide bonds. The van der Waals surface area contributed by atoms with E-state index in [4.69, 9.17) is 0 Å². The van der Waals surface area contributed by atoms with Gasteiger partial charge in [-0.25, -0.2) is 4.39 Å². The zero-order chi connectivity index (χ0) is 18.5. The first-order valence-electron chi connectivity index (χ1n) is 5.96. The van der Waals surface area contributed by atoms with Crippen molar-refractivity contribution in [1.29, 1.82) is 0 Å². The lowest BCUT2D eigenvalue weighted by atomic mass is 10.0. The van der Waals surface area contributed by atoms with Gasteiger partial charge in [0.15, 0.2) is 0 Å². The Balaban J connectivity index is 2.90. The molecule has 0 aliphatic rings. The largest absolute Gasteiger partial charge is 0.431 e. The third kappa shape index (κ3) is 3.34. The maximum atomic E-state index is 13.0. The third-order valence-electron chi connectivity index (χ3n) is 2.98. The second-order valence-corrected chi connectivity index (χ2v) is 4.63. The van der Waals surface area contributed by atoms with E-state index in [1.165, 1.54) is 0 Å². The Morgan fingerprint density at radius 2 is 1.08 bits per heavy atom. The van der Waals surface area contributed by atoms with Crippen LogP contribution in [0.3, 0.4) is 0 Å². The molecule has 0 radical (unpaired) electrons. The number of nitrogens with one attached hydrogen (secondary N) is 1. The molecule has 2 aromatic rings. The summed E-state index contributed by atoms with van der Waals surface area (Å²) in [5, 5.41) is 0. The molecule has 2 rings (SSSR count). The molecule has 1 aromatic heterocycles. The van der Waals surface area contributed by atoms with Crippen LogP contribution >= 0.6 is 0 Å². The Hall–Kier alpha value is -2.20. The lowest BCUT2D eigenvalue weighted by molar-refractivity contribution is -0.173. The van der Waals surface area contributed by atoms with Gasteiger partial charge in [0.1, 0.15) is 11.5 Å². The number of aromatic amines is 1. The summed E-state index contributed by atoms with van der Waals surface area (Å²) in [7, 11) is 0. The van der Waals surface area contributed by atoms with Gasteiger partial charge in [-0.2, -0.15) is 39.5 Å². The summed E-state index contributed by atoms with van der Waals surface area (Å²) in [5.41, 5.74) is -10.1. The van der Waals surface area contributed by atoms with Gasteiger partial charge in [0.05, 0.1) is 16.8 Å². The minimum Gasteiger partial charge on any atom is -0.350 e. The van der Waals surface area contributed by atoms with E-state index in [2.05, 4.69) is 0 Å². The molecule has 132 valence electrons. The van der Waals surface area contributed by atoms with Crippen LogP contribution in [0.15, 0.2) is 24.3 Å². The average Bonchev–Trinajstić information content (AvgIpc) is 2.79. The van der Waals surface area contributed by atoms with Crippen molar-refractivity contribution in [2.24, 2.45) is 0 Å². The van der Waals surface area contributed by atoms with Crippen LogP contribution in [0.2, 0.25) is 0 Å². The molecule has 1 nitrogen and oxygen atoms in total. The molecule has 0 fully saturated rings. The number of alkyl halides is 9. The second kappa shape index (κ2) is 5.42. The fraction of sp³-hybridized carbons (Fsp3) is 0.231. The normalized spacial score (nSPS) is 13.4. The van der Waals surface area contributed by atoms with Crippen molar-refractivity contribution in [3.8, 4) is 11.3 Å². The Labute approximate surface area is 126 Å². The monoisotopic (exact) mass is 365 g/mol. The molecular weight excluding hydrogens is 360 g/mol. The quantitative estimate of drug-likeness (QED) is 0.608. The van der Waals surface area contributed by atoms with Crippen molar-refractivity contribution < 1.29 is 43.9 Å². The van der Waals surface area contributed by atoms with Crippen molar-refractivity contribution in [3.63, 3.8) is 0 Å². The van der Waals surface area contributed by atoms with Crippen LogP contribution in [0.25, 0.3) is 11.3 Å². The SMILES string of the molecule is Fc1ccc(-c2[nH]c(C(F)(F)F)c(C(F)(F)F)c2C(F)(F)F)cc1. The van der Waals surface area contributed by atoms with Crippen LogP contribution in [0.5, 0.6) is 0 Å². The van der Waals surface area contributed by atoms with Crippen molar-refractivity contribution >= 4 is 0 Å². The van der Waals surface area contributed by atoms with Gasteiger partial charge in [0.25, 0.3) is 0 Å². The van der Waals surface area contributed by atoms with Crippen molar-refractivity contribution in [3.05, 3.63) is 46.9 Å². The highest BCUT2D eigenvalue weighted by Gasteiger charge is 2.53. The fourth-order valence-electron chi connectivity index (χ4n) is 2.11. The molecule has 0 spiro atoms. The summed E-state index contributed by atoms with van der Waals surface area (Å²) in [4.78, 5) is 1.15. The van der Waals surface area contributed by atoms with Gasteiger partial charge in [-0.3, -0.25) is 0 Å². The highest BCUT2D eigenvalue weighted by Crippen LogP contribution is 2.50. The summed E-state index contributed by atoms with van der Waals surface area (Å²) >= 11 is 0. The van der Waals surface area contributed by atoms with E-state index in [0.29, 0.717) is 24.3 Å². The molecule has 0 unspecified atom stereocenters. The molecule has 11 heteroatoms. The molecule has 0 aliphatic carbocycles. The van der Waals surface area contributed by atoms with Gasteiger partial charge in [-0.15, -0.1) is 0 Å². The molecule has 24 heavy (non-hydrogen) atoms. The van der Waals surface area contributed by atoms with Gasteiger partial charge in [-0.05, 0) is 29.8 Å². The molecule has 1 aromatic carbocycles. The zero-order valence-corrected chi connectivity index (χ0v) is 11.1. The third-order valence-corrected chi connectivity index (χ3v) is 2.98. The number of aromatic nitrogens is 1. The van der Waals surface area contributed by atoms with E-state index in [-0.39, 0.29) is 0 Å². The predicted octanol–water partition coefficient (Wildman–Crippen LogP) is 5.88. The number of halogens is 10. The van der Waals surface area contributed by atoms with E-state index < -0.39 is 52.4 Å². The van der Waals surface area contributed by atoms with E-state index in [1.807, 2.05) is 0 Å². The summed E-state index contributed by atoms with van der Waals surface area (Å²) in [6.07, 6.45) is -17.3. The van der Waals surface area contributed by atoms with Crippen LogP contribution < -0.4 is 0 Å². The number of H-pyrrole nitrogens is 1. The highest BCUT2D eigenvalue weighted by molar-refractivity contribution is 5.68. The van der Waals surface area contributed by atoms with Crippen LogP contribution in [-0.4, -0.2) is 4.98 Å². The van der Waals surface area contributed by atoms with Gasteiger partial charge in [-0.1, -0.05) is 0 Å². The Morgan fingerprint density at radius 3 is 1.46 bits per heavy atom. The number of benzene rings is 1. The van der Waals surface area contributed by atoms with Crippen LogP contribution in [0.1, 0.15) is 16.8 Å². The van der Waals surface area contributed by atoms with Gasteiger partial charge in [0.2, 0.25) is 0 Å². The van der Waals surface area contributed by atoms with E-state index >= 15 is 0 Å². The maximum Gasteiger partial charge on any atom is 0.431 e. The predicted molar refractivity (Wildman–Crippen MR) is 61.2 cm³/mol. The molecule has 1 heterocycles. The smallest absolute Gasteiger partial charge is 0.350 e. The average molecular weight is 365 g/mol. The van der Waals surface area contributed by atoms with Gasteiger partial charge >= 0.3 is 18.5 Å². The fourth-order valence-corrected chi connectivity index (χ4v) is 2.11. The van der Waals surface area contributed by atoms with E-state index in [1.54, 1.807) is 0 Å². The number of hydrogen-bond acceptors (Lipinski definition) is 0.